The lowest BCUT2D eigenvalue weighted by atomic mass is 9.70. The molecule has 2 aromatic carbocycles. The van der Waals surface area contributed by atoms with Gasteiger partial charge in [0.25, 0.3) is 17.7 Å². The highest BCUT2D eigenvalue weighted by atomic mass is 19.4. The summed E-state index contributed by atoms with van der Waals surface area (Å²) in [6.07, 6.45) is -10.7. The van der Waals surface area contributed by atoms with Crippen LogP contribution in [0.3, 0.4) is 0 Å². The van der Waals surface area contributed by atoms with Crippen molar-refractivity contribution in [3.63, 3.8) is 0 Å². The van der Waals surface area contributed by atoms with Crippen molar-refractivity contribution >= 4 is 24.0 Å². The zero-order valence-corrected chi connectivity index (χ0v) is 25.9. The van der Waals surface area contributed by atoms with E-state index in [1.165, 1.54) is 31.0 Å². The second kappa shape index (κ2) is 12.6. The maximum Gasteiger partial charge on any atom is 0.402 e. The number of hydrogen-bond donors (Lipinski definition) is 0. The first-order chi connectivity index (χ1) is 20.7. The van der Waals surface area contributed by atoms with Crippen LogP contribution >= 0.6 is 0 Å². The molecule has 2 aromatic rings. The molecule has 1 atom stereocenters. The van der Waals surface area contributed by atoms with Gasteiger partial charge in [-0.1, -0.05) is 49.8 Å². The summed E-state index contributed by atoms with van der Waals surface area (Å²) in [6.45, 7) is 9.20. The number of fused-ring (bicyclic) bond motifs is 1. The highest BCUT2D eigenvalue weighted by molar-refractivity contribution is 6.24. The number of amides is 3. The van der Waals surface area contributed by atoms with Crippen LogP contribution in [0.4, 0.5) is 26.3 Å². The summed E-state index contributed by atoms with van der Waals surface area (Å²) in [5, 5.41) is 0. The maximum atomic E-state index is 14.8. The van der Waals surface area contributed by atoms with Gasteiger partial charge in [-0.25, -0.2) is 4.90 Å². The fourth-order valence-electron chi connectivity index (χ4n) is 5.20. The van der Waals surface area contributed by atoms with Gasteiger partial charge in [-0.2, -0.15) is 26.3 Å². The van der Waals surface area contributed by atoms with Gasteiger partial charge < -0.3 is 4.90 Å². The van der Waals surface area contributed by atoms with Crippen molar-refractivity contribution in [2.24, 2.45) is 0 Å². The van der Waals surface area contributed by atoms with E-state index in [4.69, 9.17) is 0 Å². The van der Waals surface area contributed by atoms with Crippen LogP contribution in [0.25, 0.3) is 0 Å². The summed E-state index contributed by atoms with van der Waals surface area (Å²) in [7, 11) is 1.49. The van der Waals surface area contributed by atoms with Gasteiger partial charge in [-0.3, -0.25) is 19.2 Å². The number of imide groups is 1. The van der Waals surface area contributed by atoms with Gasteiger partial charge in [0.2, 0.25) is 0 Å². The van der Waals surface area contributed by atoms with Crippen molar-refractivity contribution in [1.82, 2.24) is 9.80 Å². The minimum absolute atomic E-state index is 0.0724. The predicted octanol–water partition coefficient (Wildman–Crippen LogP) is 8.00. The molecule has 6 nitrogen and oxygen atoms in total. The van der Waals surface area contributed by atoms with E-state index in [1.54, 1.807) is 27.7 Å². The van der Waals surface area contributed by atoms with E-state index in [2.05, 4.69) is 0 Å². The van der Waals surface area contributed by atoms with Crippen molar-refractivity contribution in [1.29, 1.82) is 0 Å². The molecule has 242 valence electrons. The van der Waals surface area contributed by atoms with E-state index >= 15 is 0 Å². The van der Waals surface area contributed by atoms with E-state index in [0.717, 1.165) is 43.3 Å². The van der Waals surface area contributed by atoms with Crippen LogP contribution in [0.2, 0.25) is 0 Å². The van der Waals surface area contributed by atoms with Gasteiger partial charge in [-0.15, -0.1) is 0 Å². The summed E-state index contributed by atoms with van der Waals surface area (Å²) < 4.78 is 85.7. The maximum absolute atomic E-state index is 14.8. The third kappa shape index (κ3) is 6.74. The number of allylic oxidation sites excluding steroid dienone is 4. The molecule has 0 bridgehead atoms. The molecular formula is C33H34F6N2O4. The Labute approximate surface area is 257 Å². The molecule has 0 saturated carbocycles. The van der Waals surface area contributed by atoms with E-state index in [-0.39, 0.29) is 39.9 Å². The Bertz CT molecular complexity index is 1570. The van der Waals surface area contributed by atoms with Gasteiger partial charge in [0.15, 0.2) is 6.29 Å². The Balaban J connectivity index is 2.12. The third-order valence-electron chi connectivity index (χ3n) is 8.13. The van der Waals surface area contributed by atoms with Gasteiger partial charge in [0.05, 0.1) is 23.1 Å². The minimum atomic E-state index is -5.38. The SMILES string of the molecule is C/C(=C\C=C(/C)C(CC(F)(F)F)(c1ccc(C(C)C)cc1)C(F)(F)F)N1C(=O)c2cc(C=O)c(C(=O)N(C)C(C)C)cc2C1=O. The Morgan fingerprint density at radius 2 is 1.42 bits per heavy atom. The first-order valence-corrected chi connectivity index (χ1v) is 14.1. The molecule has 0 N–H and O–H groups in total. The van der Waals surface area contributed by atoms with Gasteiger partial charge >= 0.3 is 12.4 Å². The first-order valence-electron chi connectivity index (χ1n) is 14.1. The van der Waals surface area contributed by atoms with Crippen molar-refractivity contribution in [2.45, 2.75) is 77.7 Å². The molecule has 1 unspecified atom stereocenters. The van der Waals surface area contributed by atoms with Crippen LogP contribution in [-0.4, -0.2) is 59.2 Å². The molecule has 1 aliphatic rings. The predicted molar refractivity (Wildman–Crippen MR) is 156 cm³/mol. The monoisotopic (exact) mass is 636 g/mol. The Morgan fingerprint density at radius 3 is 1.87 bits per heavy atom. The third-order valence-corrected chi connectivity index (χ3v) is 8.13. The molecule has 0 aliphatic carbocycles. The molecule has 45 heavy (non-hydrogen) atoms. The number of hydrogen-bond acceptors (Lipinski definition) is 4. The Kier molecular flexibility index (Phi) is 9.91. The van der Waals surface area contributed by atoms with Crippen molar-refractivity contribution in [3.05, 3.63) is 93.2 Å². The van der Waals surface area contributed by atoms with Gasteiger partial charge in [-0.05, 0) is 62.9 Å². The molecule has 0 spiro atoms. The second-order valence-corrected chi connectivity index (χ2v) is 11.7. The van der Waals surface area contributed by atoms with Crippen molar-refractivity contribution in [2.75, 3.05) is 7.05 Å². The number of alkyl halides is 6. The quantitative estimate of drug-likeness (QED) is 0.121. The molecule has 12 heteroatoms. The molecule has 3 rings (SSSR count). The van der Waals surface area contributed by atoms with Crippen LogP contribution < -0.4 is 0 Å². The van der Waals surface area contributed by atoms with Crippen molar-refractivity contribution in [3.8, 4) is 0 Å². The standard InChI is InChI=1S/C33H34F6N2O4/c1-18(2)22-10-12-24(13-11-22)31(33(37,38)39,17-32(34,35)36)20(5)8-9-21(6)41-29(44)26-14-23(16-42)25(15-27(26)30(41)45)28(43)40(7)19(3)4/h8-16,18-19H,17H2,1-7H3/b20-8+,21-9+. The molecule has 3 amide bonds. The van der Waals surface area contributed by atoms with E-state index < -0.39 is 53.0 Å². The average molecular weight is 637 g/mol. The fourth-order valence-corrected chi connectivity index (χ4v) is 5.20. The van der Waals surface area contributed by atoms with Gasteiger partial charge in [0, 0.05) is 24.4 Å². The molecule has 1 aliphatic heterocycles. The Morgan fingerprint density at radius 1 is 0.889 bits per heavy atom. The molecular weight excluding hydrogens is 602 g/mol. The van der Waals surface area contributed by atoms with Crippen LogP contribution in [0, 0.1) is 0 Å². The normalized spacial score (nSPS) is 15.9. The van der Waals surface area contributed by atoms with Crippen molar-refractivity contribution < 1.29 is 45.5 Å². The smallest absolute Gasteiger partial charge is 0.339 e. The number of carbonyl (C=O) groups is 4. The molecule has 0 radical (unpaired) electrons. The number of aldehydes is 1. The highest BCUT2D eigenvalue weighted by Gasteiger charge is 2.61. The lowest BCUT2D eigenvalue weighted by molar-refractivity contribution is -0.223. The summed E-state index contributed by atoms with van der Waals surface area (Å²) in [5.41, 5.74) is -4.99. The number of benzene rings is 2. The van der Waals surface area contributed by atoms with Gasteiger partial charge in [0.1, 0.15) is 5.41 Å². The first kappa shape index (κ1) is 35.3. The molecule has 1 heterocycles. The summed E-state index contributed by atoms with van der Waals surface area (Å²) in [5.74, 6) is -2.46. The van der Waals surface area contributed by atoms with Crippen LogP contribution in [-0.2, 0) is 5.41 Å². The summed E-state index contributed by atoms with van der Waals surface area (Å²) in [6, 6.07) is 6.74. The van der Waals surface area contributed by atoms with Crippen LogP contribution in [0.5, 0.6) is 0 Å². The topological polar surface area (TPSA) is 74.8 Å². The Hall–Kier alpha value is -4.22. The zero-order valence-electron chi connectivity index (χ0n) is 25.9. The number of halogens is 6. The zero-order chi connectivity index (χ0) is 34.2. The second-order valence-electron chi connectivity index (χ2n) is 11.7. The lowest BCUT2D eigenvalue weighted by Gasteiger charge is -2.38. The van der Waals surface area contributed by atoms with E-state index in [9.17, 15) is 45.5 Å². The summed E-state index contributed by atoms with van der Waals surface area (Å²) >= 11 is 0. The molecule has 0 fully saturated rings. The number of rotatable bonds is 9. The number of nitrogens with zero attached hydrogens (tertiary/aromatic N) is 2. The summed E-state index contributed by atoms with van der Waals surface area (Å²) in [4.78, 5) is 53.3. The van der Waals surface area contributed by atoms with Crippen LogP contribution in [0.1, 0.15) is 106 Å². The average Bonchev–Trinajstić information content (AvgIpc) is 3.20. The largest absolute Gasteiger partial charge is 0.402 e. The van der Waals surface area contributed by atoms with E-state index in [0.29, 0.717) is 16.7 Å². The minimum Gasteiger partial charge on any atom is -0.339 e. The van der Waals surface area contributed by atoms with E-state index in [1.807, 2.05) is 0 Å². The molecule has 0 saturated heterocycles. The molecule has 0 aromatic heterocycles. The lowest BCUT2D eigenvalue weighted by Crippen LogP contribution is -2.46. The van der Waals surface area contributed by atoms with Crippen LogP contribution in [0.15, 0.2) is 59.8 Å². The number of carbonyl (C=O) groups excluding carboxylic acids is 4. The highest BCUT2D eigenvalue weighted by Crippen LogP contribution is 2.52. The fraction of sp³-hybridized carbons (Fsp3) is 0.394.